The van der Waals surface area contributed by atoms with Crippen LogP contribution in [0.5, 0.6) is 5.75 Å². The molecule has 2 N–H and O–H groups in total. The molecule has 4 atom stereocenters. The van der Waals surface area contributed by atoms with Crippen molar-refractivity contribution in [1.29, 1.82) is 0 Å². The van der Waals surface area contributed by atoms with Crippen LogP contribution in [0.25, 0.3) is 0 Å². The molecule has 1 aromatic carbocycles. The van der Waals surface area contributed by atoms with Crippen LogP contribution in [0, 0.1) is 5.92 Å². The lowest BCUT2D eigenvalue weighted by Crippen LogP contribution is -2.40. The quantitative estimate of drug-likeness (QED) is 0.799. The molecular weight excluding hydrogens is 318 g/mol. The first-order valence-corrected chi connectivity index (χ1v) is 9.25. The van der Waals surface area contributed by atoms with E-state index in [4.69, 9.17) is 19.9 Å². The van der Waals surface area contributed by atoms with E-state index in [-0.39, 0.29) is 24.1 Å². The van der Waals surface area contributed by atoms with Crippen molar-refractivity contribution in [1.82, 2.24) is 0 Å². The number of hydrogen-bond acceptors (Lipinski definition) is 5. The highest BCUT2D eigenvalue weighted by atomic mass is 16.6. The Balaban J connectivity index is 2.16. The first-order chi connectivity index (χ1) is 12.0. The van der Waals surface area contributed by atoms with E-state index in [1.54, 1.807) is 7.11 Å². The SMILES string of the molecule is CCCOC1C(Cc2ccc(OC)cc2)CCCC(N)C(=O)OC1C. The van der Waals surface area contributed by atoms with E-state index < -0.39 is 6.04 Å². The van der Waals surface area contributed by atoms with Gasteiger partial charge in [0.25, 0.3) is 0 Å². The molecule has 2 rings (SSSR count). The van der Waals surface area contributed by atoms with Crippen LogP contribution in [0.1, 0.15) is 45.1 Å². The predicted octanol–water partition coefficient (Wildman–Crippen LogP) is 3.09. The lowest BCUT2D eigenvalue weighted by atomic mass is 9.87. The van der Waals surface area contributed by atoms with Gasteiger partial charge in [0.2, 0.25) is 0 Å². The van der Waals surface area contributed by atoms with Gasteiger partial charge in [0, 0.05) is 6.61 Å². The van der Waals surface area contributed by atoms with Crippen molar-refractivity contribution >= 4 is 5.97 Å². The summed E-state index contributed by atoms with van der Waals surface area (Å²) < 4.78 is 16.9. The highest BCUT2D eigenvalue weighted by molar-refractivity contribution is 5.75. The lowest BCUT2D eigenvalue weighted by molar-refractivity contribution is -0.160. The normalized spacial score (nSPS) is 27.8. The maximum atomic E-state index is 12.1. The fraction of sp³-hybridized carbons (Fsp3) is 0.650. The fourth-order valence-corrected chi connectivity index (χ4v) is 3.41. The van der Waals surface area contributed by atoms with Gasteiger partial charge in [-0.05, 0) is 56.2 Å². The van der Waals surface area contributed by atoms with Crippen molar-refractivity contribution in [3.05, 3.63) is 29.8 Å². The molecule has 1 aliphatic heterocycles. The van der Waals surface area contributed by atoms with Crippen LogP contribution in [0.3, 0.4) is 0 Å². The molecule has 5 nitrogen and oxygen atoms in total. The zero-order chi connectivity index (χ0) is 18.2. The average molecular weight is 349 g/mol. The number of methoxy groups -OCH3 is 1. The molecule has 0 spiro atoms. The molecule has 0 amide bonds. The average Bonchev–Trinajstić information content (AvgIpc) is 2.65. The van der Waals surface area contributed by atoms with Crippen LogP contribution >= 0.6 is 0 Å². The minimum atomic E-state index is -0.533. The van der Waals surface area contributed by atoms with Crippen LogP contribution in [0.2, 0.25) is 0 Å². The van der Waals surface area contributed by atoms with Crippen LogP contribution in [-0.4, -0.2) is 37.9 Å². The highest BCUT2D eigenvalue weighted by Crippen LogP contribution is 2.27. The lowest BCUT2D eigenvalue weighted by Gasteiger charge is -2.31. The molecular formula is C20H31NO4. The zero-order valence-electron chi connectivity index (χ0n) is 15.6. The van der Waals surface area contributed by atoms with E-state index >= 15 is 0 Å². The van der Waals surface area contributed by atoms with E-state index in [2.05, 4.69) is 19.1 Å². The molecule has 1 aliphatic rings. The summed E-state index contributed by atoms with van der Waals surface area (Å²) in [6.45, 7) is 4.66. The Morgan fingerprint density at radius 2 is 1.96 bits per heavy atom. The van der Waals surface area contributed by atoms with E-state index in [1.165, 1.54) is 5.56 Å². The molecule has 1 aromatic rings. The number of esters is 1. The first kappa shape index (κ1) is 19.7. The maximum absolute atomic E-state index is 12.1. The minimum absolute atomic E-state index is 0.115. The van der Waals surface area contributed by atoms with Crippen molar-refractivity contribution in [2.45, 2.75) is 64.2 Å². The zero-order valence-corrected chi connectivity index (χ0v) is 15.6. The van der Waals surface area contributed by atoms with E-state index in [0.29, 0.717) is 13.0 Å². The van der Waals surface area contributed by atoms with Crippen molar-refractivity contribution in [3.63, 3.8) is 0 Å². The molecule has 0 aromatic heterocycles. The molecule has 0 aliphatic carbocycles. The topological polar surface area (TPSA) is 70.8 Å². The van der Waals surface area contributed by atoms with Crippen molar-refractivity contribution in [3.8, 4) is 5.75 Å². The number of nitrogens with two attached hydrogens (primary N) is 1. The van der Waals surface area contributed by atoms with E-state index in [1.807, 2.05) is 19.1 Å². The summed E-state index contributed by atoms with van der Waals surface area (Å²) in [4.78, 5) is 12.1. The minimum Gasteiger partial charge on any atom is -0.497 e. The van der Waals surface area contributed by atoms with Crippen molar-refractivity contribution in [2.75, 3.05) is 13.7 Å². The van der Waals surface area contributed by atoms with Gasteiger partial charge in [0.15, 0.2) is 0 Å². The third-order valence-corrected chi connectivity index (χ3v) is 4.79. The largest absolute Gasteiger partial charge is 0.497 e. The summed E-state index contributed by atoms with van der Waals surface area (Å²) >= 11 is 0. The number of carbonyl (C=O) groups excluding carboxylic acids is 1. The second-order valence-corrected chi connectivity index (χ2v) is 6.83. The van der Waals surface area contributed by atoms with Crippen LogP contribution in [-0.2, 0) is 20.7 Å². The number of cyclic esters (lactones) is 1. The summed E-state index contributed by atoms with van der Waals surface area (Å²) in [5.41, 5.74) is 7.16. The molecule has 1 heterocycles. The van der Waals surface area contributed by atoms with Gasteiger partial charge in [0.05, 0.1) is 13.2 Å². The molecule has 140 valence electrons. The van der Waals surface area contributed by atoms with E-state index in [0.717, 1.165) is 31.4 Å². The Labute approximate surface area is 150 Å². The van der Waals surface area contributed by atoms with Gasteiger partial charge in [0.1, 0.15) is 17.9 Å². The van der Waals surface area contributed by atoms with Gasteiger partial charge in [-0.3, -0.25) is 4.79 Å². The number of hydrogen-bond donors (Lipinski definition) is 1. The Kier molecular flexibility index (Phi) is 7.72. The van der Waals surface area contributed by atoms with Crippen molar-refractivity contribution < 1.29 is 19.0 Å². The van der Waals surface area contributed by atoms with Gasteiger partial charge in [-0.2, -0.15) is 0 Å². The molecule has 1 saturated heterocycles. The smallest absolute Gasteiger partial charge is 0.323 e. The number of carbonyl (C=O) groups is 1. The summed E-state index contributed by atoms with van der Waals surface area (Å²) in [7, 11) is 1.67. The molecule has 4 unspecified atom stereocenters. The highest BCUT2D eigenvalue weighted by Gasteiger charge is 2.33. The molecule has 25 heavy (non-hydrogen) atoms. The summed E-state index contributed by atoms with van der Waals surface area (Å²) in [5, 5.41) is 0. The molecule has 5 heteroatoms. The van der Waals surface area contributed by atoms with Gasteiger partial charge in [-0.1, -0.05) is 25.5 Å². The summed E-state index contributed by atoms with van der Waals surface area (Å²) in [6, 6.07) is 7.60. The van der Waals surface area contributed by atoms with Crippen LogP contribution in [0.4, 0.5) is 0 Å². The summed E-state index contributed by atoms with van der Waals surface area (Å²) in [5.74, 6) is 0.820. The molecule has 0 radical (unpaired) electrons. The number of ether oxygens (including phenoxy) is 3. The third kappa shape index (κ3) is 5.72. The van der Waals surface area contributed by atoms with E-state index in [9.17, 15) is 4.79 Å². The Bertz CT molecular complexity index is 531. The Morgan fingerprint density at radius 3 is 2.60 bits per heavy atom. The summed E-state index contributed by atoms with van der Waals surface area (Å²) in [6.07, 6.45) is 3.93. The standard InChI is InChI=1S/C20H31NO4/c1-4-12-24-19-14(2)25-20(22)18(21)7-5-6-16(19)13-15-8-10-17(23-3)11-9-15/h8-11,14,16,18-19H,4-7,12-13,21H2,1-3H3. The second kappa shape index (κ2) is 9.78. The number of rotatable bonds is 6. The Morgan fingerprint density at radius 1 is 1.24 bits per heavy atom. The Hall–Kier alpha value is -1.59. The number of benzene rings is 1. The molecule has 0 bridgehead atoms. The van der Waals surface area contributed by atoms with Crippen molar-refractivity contribution in [2.24, 2.45) is 11.7 Å². The van der Waals surface area contributed by atoms with Crippen LogP contribution < -0.4 is 10.5 Å². The third-order valence-electron chi connectivity index (χ3n) is 4.79. The monoisotopic (exact) mass is 349 g/mol. The first-order valence-electron chi connectivity index (χ1n) is 9.25. The fourth-order valence-electron chi connectivity index (χ4n) is 3.41. The van der Waals surface area contributed by atoms with Gasteiger partial charge in [-0.25, -0.2) is 0 Å². The van der Waals surface area contributed by atoms with Gasteiger partial charge < -0.3 is 19.9 Å². The second-order valence-electron chi connectivity index (χ2n) is 6.83. The molecule has 1 fully saturated rings. The van der Waals surface area contributed by atoms with Gasteiger partial charge >= 0.3 is 5.97 Å². The van der Waals surface area contributed by atoms with Gasteiger partial charge in [-0.15, -0.1) is 0 Å². The van der Waals surface area contributed by atoms with Crippen LogP contribution in [0.15, 0.2) is 24.3 Å². The molecule has 0 saturated carbocycles. The predicted molar refractivity (Wildman–Crippen MR) is 97.6 cm³/mol. The maximum Gasteiger partial charge on any atom is 0.323 e.